The van der Waals surface area contributed by atoms with Crippen LogP contribution >= 0.6 is 0 Å². The maximum absolute atomic E-state index is 11.1. The second-order valence-electron chi connectivity index (χ2n) is 5.58. The maximum atomic E-state index is 11.1. The second-order valence-corrected chi connectivity index (χ2v) is 5.58. The van der Waals surface area contributed by atoms with Gasteiger partial charge in [0.2, 0.25) is 0 Å². The molecule has 2 N–H and O–H groups in total. The van der Waals surface area contributed by atoms with E-state index in [1.54, 1.807) is 0 Å². The van der Waals surface area contributed by atoms with Crippen LogP contribution in [0, 0.1) is 11.3 Å². The number of hydrogen-bond acceptors (Lipinski definition) is 3. The van der Waals surface area contributed by atoms with Gasteiger partial charge in [-0.25, -0.2) is 0 Å². The molecule has 0 rings (SSSR count). The minimum atomic E-state index is -0.461. The monoisotopic (exact) mass is 215 g/mol. The van der Waals surface area contributed by atoms with E-state index in [9.17, 15) is 4.79 Å². The van der Waals surface area contributed by atoms with Gasteiger partial charge in [-0.2, -0.15) is 0 Å². The van der Waals surface area contributed by atoms with Crippen molar-refractivity contribution in [2.75, 3.05) is 7.11 Å². The Morgan fingerprint density at radius 1 is 1.33 bits per heavy atom. The first-order valence-corrected chi connectivity index (χ1v) is 5.59. The molecule has 0 aromatic heterocycles. The highest BCUT2D eigenvalue weighted by atomic mass is 16.5. The van der Waals surface area contributed by atoms with Gasteiger partial charge in [-0.3, -0.25) is 4.79 Å². The Balaban J connectivity index is 3.81. The minimum Gasteiger partial charge on any atom is -0.468 e. The lowest BCUT2D eigenvalue weighted by Gasteiger charge is -2.23. The topological polar surface area (TPSA) is 52.3 Å². The molecular weight excluding hydrogens is 190 g/mol. The third-order valence-corrected chi connectivity index (χ3v) is 2.44. The van der Waals surface area contributed by atoms with E-state index in [1.165, 1.54) is 7.11 Å². The fourth-order valence-corrected chi connectivity index (χ4v) is 1.88. The zero-order valence-corrected chi connectivity index (χ0v) is 10.7. The van der Waals surface area contributed by atoms with Crippen molar-refractivity contribution in [1.82, 2.24) is 0 Å². The predicted octanol–water partition coefficient (Wildman–Crippen LogP) is 2.34. The van der Waals surface area contributed by atoms with Gasteiger partial charge in [-0.15, -0.1) is 0 Å². The van der Waals surface area contributed by atoms with Crippen molar-refractivity contribution in [2.24, 2.45) is 17.1 Å². The smallest absolute Gasteiger partial charge is 0.322 e. The van der Waals surface area contributed by atoms with Crippen molar-refractivity contribution in [3.8, 4) is 0 Å². The van der Waals surface area contributed by atoms with Crippen molar-refractivity contribution in [2.45, 2.75) is 53.0 Å². The first kappa shape index (κ1) is 14.4. The molecule has 0 saturated carbocycles. The third kappa shape index (κ3) is 7.37. The molecule has 0 aliphatic rings. The molecule has 0 aromatic rings. The lowest BCUT2D eigenvalue weighted by molar-refractivity contribution is -0.142. The summed E-state index contributed by atoms with van der Waals surface area (Å²) in [4.78, 5) is 11.1. The van der Waals surface area contributed by atoms with Crippen molar-refractivity contribution in [3.05, 3.63) is 0 Å². The molecule has 0 unspecified atom stereocenters. The Morgan fingerprint density at radius 3 is 2.27 bits per heavy atom. The molecule has 0 heterocycles. The van der Waals surface area contributed by atoms with Crippen LogP contribution in [0.4, 0.5) is 0 Å². The van der Waals surface area contributed by atoms with Crippen LogP contribution in [0.5, 0.6) is 0 Å². The quantitative estimate of drug-likeness (QED) is 0.716. The van der Waals surface area contributed by atoms with E-state index in [4.69, 9.17) is 5.73 Å². The minimum absolute atomic E-state index is 0.307. The first-order valence-electron chi connectivity index (χ1n) is 5.59. The lowest BCUT2D eigenvalue weighted by atomic mass is 9.83. The van der Waals surface area contributed by atoms with Crippen LogP contribution < -0.4 is 5.73 Å². The molecule has 3 nitrogen and oxygen atoms in total. The maximum Gasteiger partial charge on any atom is 0.322 e. The highest BCUT2D eigenvalue weighted by Gasteiger charge is 2.18. The van der Waals surface area contributed by atoms with Gasteiger partial charge in [-0.1, -0.05) is 27.7 Å². The van der Waals surface area contributed by atoms with Gasteiger partial charge in [0.15, 0.2) is 0 Å². The highest BCUT2D eigenvalue weighted by molar-refractivity contribution is 5.75. The Bertz CT molecular complexity index is 196. The van der Waals surface area contributed by atoms with Crippen LogP contribution in [-0.4, -0.2) is 19.1 Å². The molecule has 0 spiro atoms. The number of hydrogen-bond donors (Lipinski definition) is 1. The summed E-state index contributed by atoms with van der Waals surface area (Å²) in [5.41, 5.74) is 6.01. The van der Waals surface area contributed by atoms with Crippen LogP contribution in [0.1, 0.15) is 47.0 Å². The molecule has 0 saturated heterocycles. The summed E-state index contributed by atoms with van der Waals surface area (Å²) < 4.78 is 4.58. The van der Waals surface area contributed by atoms with Crippen LogP contribution in [0.25, 0.3) is 0 Å². The van der Waals surface area contributed by atoms with Gasteiger partial charge in [0.25, 0.3) is 0 Å². The molecule has 2 atom stereocenters. The zero-order valence-electron chi connectivity index (χ0n) is 10.7. The average molecular weight is 215 g/mol. The number of ether oxygens (including phenoxy) is 1. The van der Waals surface area contributed by atoms with E-state index >= 15 is 0 Å². The average Bonchev–Trinajstić information content (AvgIpc) is 2.10. The van der Waals surface area contributed by atoms with E-state index in [2.05, 4.69) is 32.4 Å². The molecule has 0 amide bonds. The Hall–Kier alpha value is -0.570. The van der Waals surface area contributed by atoms with E-state index in [1.807, 2.05) is 0 Å². The van der Waals surface area contributed by atoms with Crippen LogP contribution in [0.2, 0.25) is 0 Å². The molecule has 0 bridgehead atoms. The van der Waals surface area contributed by atoms with Crippen LogP contribution in [0.3, 0.4) is 0 Å². The first-order chi connectivity index (χ1) is 6.76. The van der Waals surface area contributed by atoms with Crippen molar-refractivity contribution < 1.29 is 9.53 Å². The summed E-state index contributed by atoms with van der Waals surface area (Å²) in [7, 11) is 1.38. The molecular formula is C12H25NO2. The molecule has 90 valence electrons. The lowest BCUT2D eigenvalue weighted by Crippen LogP contribution is -2.32. The summed E-state index contributed by atoms with van der Waals surface area (Å²) in [5, 5.41) is 0. The van der Waals surface area contributed by atoms with Gasteiger partial charge in [0, 0.05) is 0 Å². The molecule has 0 aromatic carbocycles. The molecule has 0 fully saturated rings. The number of esters is 1. The van der Waals surface area contributed by atoms with Gasteiger partial charge < -0.3 is 10.5 Å². The highest BCUT2D eigenvalue weighted by Crippen LogP contribution is 2.26. The van der Waals surface area contributed by atoms with E-state index < -0.39 is 6.04 Å². The van der Waals surface area contributed by atoms with Crippen LogP contribution in [-0.2, 0) is 9.53 Å². The molecule has 0 radical (unpaired) electrons. The number of rotatable bonds is 5. The van der Waals surface area contributed by atoms with Crippen molar-refractivity contribution in [1.29, 1.82) is 0 Å². The molecule has 3 heteroatoms. The Labute approximate surface area is 93.4 Å². The fourth-order valence-electron chi connectivity index (χ4n) is 1.88. The number of nitrogens with two attached hydrogens (primary N) is 1. The number of methoxy groups -OCH3 is 1. The normalized spacial score (nSPS) is 15.9. The summed E-state index contributed by atoms with van der Waals surface area (Å²) >= 11 is 0. The van der Waals surface area contributed by atoms with E-state index in [0.29, 0.717) is 17.8 Å². The van der Waals surface area contributed by atoms with E-state index in [0.717, 1.165) is 12.8 Å². The van der Waals surface area contributed by atoms with Crippen LogP contribution in [0.15, 0.2) is 0 Å². The molecule has 0 aliphatic heterocycles. The van der Waals surface area contributed by atoms with Gasteiger partial charge >= 0.3 is 5.97 Å². The fraction of sp³-hybridized carbons (Fsp3) is 0.917. The Morgan fingerprint density at radius 2 is 1.87 bits per heavy atom. The van der Waals surface area contributed by atoms with Crippen molar-refractivity contribution >= 4 is 5.97 Å². The van der Waals surface area contributed by atoms with Gasteiger partial charge in [-0.05, 0) is 30.6 Å². The summed E-state index contributed by atoms with van der Waals surface area (Å²) in [5.74, 6) is 0.290. The summed E-state index contributed by atoms with van der Waals surface area (Å²) in [6.07, 6.45) is 2.85. The number of carbonyl (C=O) groups excluding carboxylic acids is 1. The largest absolute Gasteiger partial charge is 0.468 e. The summed E-state index contributed by atoms with van der Waals surface area (Å²) in [6, 6.07) is -0.461. The van der Waals surface area contributed by atoms with Gasteiger partial charge in [0.05, 0.1) is 7.11 Å². The SMILES string of the molecule is COC(=O)[C@H](N)CC[C@H](C)CC(C)(C)C. The third-order valence-electron chi connectivity index (χ3n) is 2.44. The van der Waals surface area contributed by atoms with Crippen molar-refractivity contribution in [3.63, 3.8) is 0 Å². The Kier molecular flexibility index (Phi) is 5.88. The van der Waals surface area contributed by atoms with E-state index in [-0.39, 0.29) is 5.97 Å². The molecule has 0 aliphatic carbocycles. The zero-order chi connectivity index (χ0) is 12.1. The number of carbonyl (C=O) groups is 1. The second kappa shape index (κ2) is 6.11. The van der Waals surface area contributed by atoms with Gasteiger partial charge in [0.1, 0.15) is 6.04 Å². The summed E-state index contributed by atoms with van der Waals surface area (Å²) in [6.45, 7) is 8.88. The predicted molar refractivity (Wildman–Crippen MR) is 62.5 cm³/mol. The molecule has 15 heavy (non-hydrogen) atoms. The standard InChI is InChI=1S/C12H25NO2/c1-9(8-12(2,3)4)6-7-10(13)11(14)15-5/h9-10H,6-8,13H2,1-5H3/t9-,10+/m0/s1.